The Hall–Kier alpha value is -0.830. The number of esters is 1. The molecule has 1 N–H and O–H groups in total. The first-order valence-corrected chi connectivity index (χ1v) is 4.31. The van der Waals surface area contributed by atoms with E-state index in [1.807, 2.05) is 0 Å². The topological polar surface area (TPSA) is 38.3 Å². The molecule has 0 heterocycles. The van der Waals surface area contributed by atoms with Crippen molar-refractivity contribution in [1.29, 1.82) is 0 Å². The molecule has 0 spiro atoms. The summed E-state index contributed by atoms with van der Waals surface area (Å²) in [6, 6.07) is 0. The van der Waals surface area contributed by atoms with Crippen LogP contribution in [0, 0.1) is 0 Å². The largest absolute Gasteiger partial charge is 0.463 e. The maximum Gasteiger partial charge on any atom is 0.330 e. The van der Waals surface area contributed by atoms with Crippen molar-refractivity contribution >= 4 is 5.97 Å². The molecule has 0 aromatic rings. The minimum atomic E-state index is -0.335. The summed E-state index contributed by atoms with van der Waals surface area (Å²) in [5.41, 5.74) is 0. The molecule has 0 unspecified atom stereocenters. The van der Waals surface area contributed by atoms with Gasteiger partial charge in [0, 0.05) is 6.08 Å². The lowest BCUT2D eigenvalue weighted by molar-refractivity contribution is -0.137. The van der Waals surface area contributed by atoms with Crippen LogP contribution in [0.15, 0.2) is 12.7 Å². The predicted octanol–water partition coefficient (Wildman–Crippen LogP) is 1.11. The molecule has 0 aromatic carbocycles. The molecule has 0 aromatic heterocycles. The van der Waals surface area contributed by atoms with Gasteiger partial charge in [-0.25, -0.2) is 4.79 Å². The molecule has 0 amide bonds. The van der Waals surface area contributed by atoms with Crippen LogP contribution in [0.5, 0.6) is 0 Å². The second-order valence-electron chi connectivity index (χ2n) is 2.43. The van der Waals surface area contributed by atoms with Gasteiger partial charge >= 0.3 is 5.97 Å². The predicted molar refractivity (Wildman–Crippen MR) is 48.9 cm³/mol. The molecule has 3 nitrogen and oxygen atoms in total. The van der Waals surface area contributed by atoms with Crippen LogP contribution in [-0.4, -0.2) is 25.7 Å². The highest BCUT2D eigenvalue weighted by Crippen LogP contribution is 1.89. The van der Waals surface area contributed by atoms with Gasteiger partial charge in [0.05, 0.1) is 6.61 Å². The molecule has 70 valence electrons. The van der Waals surface area contributed by atoms with Crippen LogP contribution in [0.25, 0.3) is 0 Å². The van der Waals surface area contributed by atoms with Crippen molar-refractivity contribution in [3.8, 4) is 0 Å². The molecule has 12 heavy (non-hydrogen) atoms. The molecular formula is C9H17NO2. The van der Waals surface area contributed by atoms with Crippen LogP contribution in [-0.2, 0) is 9.53 Å². The van der Waals surface area contributed by atoms with Crippen LogP contribution in [0.2, 0.25) is 0 Å². The van der Waals surface area contributed by atoms with Crippen LogP contribution in [0.4, 0.5) is 0 Å². The molecule has 0 atom stereocenters. The van der Waals surface area contributed by atoms with E-state index in [0.29, 0.717) is 6.61 Å². The minimum absolute atomic E-state index is 0.335. The molecule has 0 bridgehead atoms. The molecule has 0 saturated carbocycles. The van der Waals surface area contributed by atoms with Crippen molar-refractivity contribution in [2.75, 3.05) is 19.7 Å². The van der Waals surface area contributed by atoms with Crippen molar-refractivity contribution in [2.45, 2.75) is 19.8 Å². The zero-order valence-electron chi connectivity index (χ0n) is 7.64. The van der Waals surface area contributed by atoms with Crippen molar-refractivity contribution in [2.24, 2.45) is 0 Å². The zero-order chi connectivity index (χ0) is 9.23. The van der Waals surface area contributed by atoms with E-state index < -0.39 is 0 Å². The number of carbonyl (C=O) groups excluding carboxylic acids is 1. The van der Waals surface area contributed by atoms with E-state index in [1.165, 1.54) is 6.08 Å². The molecule has 0 aliphatic heterocycles. The van der Waals surface area contributed by atoms with Crippen LogP contribution in [0.1, 0.15) is 19.8 Å². The van der Waals surface area contributed by atoms with Crippen LogP contribution < -0.4 is 5.32 Å². The summed E-state index contributed by atoms with van der Waals surface area (Å²) in [5.74, 6) is -0.335. The highest BCUT2D eigenvalue weighted by atomic mass is 16.5. The van der Waals surface area contributed by atoms with E-state index in [9.17, 15) is 4.79 Å². The molecule has 0 fully saturated rings. The van der Waals surface area contributed by atoms with Crippen molar-refractivity contribution in [1.82, 2.24) is 5.32 Å². The summed E-state index contributed by atoms with van der Waals surface area (Å²) in [5, 5.41) is 3.19. The average molecular weight is 171 g/mol. The lowest BCUT2D eigenvalue weighted by atomic mass is 10.3. The number of rotatable bonds is 7. The summed E-state index contributed by atoms with van der Waals surface area (Å²) in [4.78, 5) is 10.5. The Morgan fingerprint density at radius 2 is 2.33 bits per heavy atom. The number of carbonyl (C=O) groups is 1. The van der Waals surface area contributed by atoms with Gasteiger partial charge in [-0.2, -0.15) is 0 Å². The maximum absolute atomic E-state index is 10.5. The molecule has 3 heteroatoms. The van der Waals surface area contributed by atoms with Gasteiger partial charge in [0.15, 0.2) is 0 Å². The Balaban J connectivity index is 3.00. The first-order chi connectivity index (χ1) is 5.81. The third kappa shape index (κ3) is 7.28. The number of ether oxygens (including phenoxy) is 1. The molecule has 0 aliphatic carbocycles. The Kier molecular flexibility index (Phi) is 7.70. The zero-order valence-corrected chi connectivity index (χ0v) is 7.64. The normalized spacial score (nSPS) is 9.42. The van der Waals surface area contributed by atoms with E-state index in [2.05, 4.69) is 18.8 Å². The summed E-state index contributed by atoms with van der Waals surface area (Å²) in [7, 11) is 0. The van der Waals surface area contributed by atoms with Gasteiger partial charge in [-0.1, -0.05) is 13.5 Å². The summed E-state index contributed by atoms with van der Waals surface area (Å²) < 4.78 is 4.79. The van der Waals surface area contributed by atoms with Crippen LogP contribution >= 0.6 is 0 Å². The van der Waals surface area contributed by atoms with Gasteiger partial charge in [-0.3, -0.25) is 0 Å². The van der Waals surface area contributed by atoms with Crippen molar-refractivity contribution < 1.29 is 9.53 Å². The van der Waals surface area contributed by atoms with Gasteiger partial charge in [0.25, 0.3) is 0 Å². The number of nitrogens with one attached hydrogen (secondary N) is 1. The molecular weight excluding hydrogens is 154 g/mol. The van der Waals surface area contributed by atoms with E-state index in [-0.39, 0.29) is 5.97 Å². The highest BCUT2D eigenvalue weighted by Gasteiger charge is 1.93. The lowest BCUT2D eigenvalue weighted by Gasteiger charge is -2.02. The van der Waals surface area contributed by atoms with Gasteiger partial charge in [-0.05, 0) is 25.9 Å². The smallest absolute Gasteiger partial charge is 0.330 e. The third-order valence-corrected chi connectivity index (χ3v) is 1.41. The monoisotopic (exact) mass is 171 g/mol. The molecule has 0 rings (SSSR count). The van der Waals surface area contributed by atoms with Gasteiger partial charge < -0.3 is 10.1 Å². The Labute approximate surface area is 73.8 Å². The van der Waals surface area contributed by atoms with Crippen LogP contribution in [0.3, 0.4) is 0 Å². The van der Waals surface area contributed by atoms with Gasteiger partial charge in [0.1, 0.15) is 0 Å². The van der Waals surface area contributed by atoms with E-state index >= 15 is 0 Å². The first-order valence-electron chi connectivity index (χ1n) is 4.31. The summed E-state index contributed by atoms with van der Waals surface area (Å²) in [6.07, 6.45) is 3.13. The van der Waals surface area contributed by atoms with E-state index in [0.717, 1.165) is 25.9 Å². The van der Waals surface area contributed by atoms with Crippen molar-refractivity contribution in [3.63, 3.8) is 0 Å². The summed E-state index contributed by atoms with van der Waals surface area (Å²) >= 11 is 0. The first kappa shape index (κ1) is 11.2. The maximum atomic E-state index is 10.5. The number of hydrogen-bond acceptors (Lipinski definition) is 3. The Morgan fingerprint density at radius 3 is 2.92 bits per heavy atom. The van der Waals surface area contributed by atoms with Crippen molar-refractivity contribution in [3.05, 3.63) is 12.7 Å². The lowest BCUT2D eigenvalue weighted by Crippen LogP contribution is -2.14. The third-order valence-electron chi connectivity index (χ3n) is 1.41. The minimum Gasteiger partial charge on any atom is -0.463 e. The molecule has 0 aliphatic rings. The Morgan fingerprint density at radius 1 is 1.58 bits per heavy atom. The quantitative estimate of drug-likeness (QED) is 0.354. The van der Waals surface area contributed by atoms with Gasteiger partial charge in [-0.15, -0.1) is 0 Å². The molecule has 0 saturated heterocycles. The molecule has 0 radical (unpaired) electrons. The van der Waals surface area contributed by atoms with E-state index in [1.54, 1.807) is 0 Å². The number of hydrogen-bond donors (Lipinski definition) is 1. The average Bonchev–Trinajstić information content (AvgIpc) is 2.10. The van der Waals surface area contributed by atoms with Gasteiger partial charge in [0.2, 0.25) is 0 Å². The fourth-order valence-electron chi connectivity index (χ4n) is 0.761. The fraction of sp³-hybridized carbons (Fsp3) is 0.667. The second-order valence-corrected chi connectivity index (χ2v) is 2.43. The Bertz CT molecular complexity index is 134. The standard InChI is InChI=1S/C9H17NO2/c1-3-9(11)12-8-6-5-7-10-4-2/h3,10H,1,4-8H2,2H3. The highest BCUT2D eigenvalue weighted by molar-refractivity contribution is 5.81. The fourth-order valence-corrected chi connectivity index (χ4v) is 0.761. The number of unbranched alkanes of at least 4 members (excludes halogenated alkanes) is 1. The van der Waals surface area contributed by atoms with E-state index in [4.69, 9.17) is 4.74 Å². The second kappa shape index (κ2) is 8.27. The SMILES string of the molecule is C=CC(=O)OCCCCNCC. The summed E-state index contributed by atoms with van der Waals surface area (Å²) in [6.45, 7) is 7.85.